The van der Waals surface area contributed by atoms with E-state index in [4.69, 9.17) is 10.5 Å². The van der Waals surface area contributed by atoms with Crippen molar-refractivity contribution in [3.8, 4) is 5.75 Å². The minimum atomic E-state index is -0.251. The molecule has 1 saturated carbocycles. The Balaban J connectivity index is 1.82. The molecule has 1 aliphatic heterocycles. The first kappa shape index (κ1) is 10.6. The fourth-order valence-corrected chi connectivity index (χ4v) is 2.52. The first-order valence-electron chi connectivity index (χ1n) is 5.79. The number of aromatic amines is 1. The fourth-order valence-electron chi connectivity index (χ4n) is 2.52. The van der Waals surface area contributed by atoms with E-state index in [0.29, 0.717) is 11.7 Å². The molecule has 0 bridgehead atoms. The Morgan fingerprint density at radius 2 is 2.29 bits per heavy atom. The van der Waals surface area contributed by atoms with Crippen molar-refractivity contribution in [1.29, 1.82) is 0 Å². The summed E-state index contributed by atoms with van der Waals surface area (Å²) in [5, 5.41) is 0. The summed E-state index contributed by atoms with van der Waals surface area (Å²) in [6.45, 7) is 1.51. The molecule has 1 saturated heterocycles. The highest BCUT2D eigenvalue weighted by atomic mass is 16.5. The second-order valence-electron chi connectivity index (χ2n) is 4.95. The summed E-state index contributed by atoms with van der Waals surface area (Å²) in [5.41, 5.74) is 5.93. The SMILES string of the molecule is COc1c(N2CC(N)(C3CC3)C2)nc[nH]c1=O. The molecular formula is C11H16N4O2. The van der Waals surface area contributed by atoms with Crippen LogP contribution >= 0.6 is 0 Å². The molecular weight excluding hydrogens is 220 g/mol. The molecule has 0 spiro atoms. The van der Waals surface area contributed by atoms with Crippen molar-refractivity contribution in [3.05, 3.63) is 16.7 Å². The van der Waals surface area contributed by atoms with Gasteiger partial charge in [0.25, 0.3) is 5.56 Å². The first-order valence-corrected chi connectivity index (χ1v) is 5.79. The van der Waals surface area contributed by atoms with Crippen LogP contribution in [0.15, 0.2) is 11.1 Å². The predicted molar refractivity (Wildman–Crippen MR) is 63.3 cm³/mol. The van der Waals surface area contributed by atoms with Gasteiger partial charge in [-0.2, -0.15) is 0 Å². The van der Waals surface area contributed by atoms with Crippen molar-refractivity contribution in [2.75, 3.05) is 25.1 Å². The molecule has 1 aliphatic carbocycles. The number of anilines is 1. The van der Waals surface area contributed by atoms with E-state index in [1.165, 1.54) is 26.3 Å². The molecule has 6 heteroatoms. The minimum absolute atomic E-state index is 0.0880. The topological polar surface area (TPSA) is 84.2 Å². The van der Waals surface area contributed by atoms with Gasteiger partial charge in [0.1, 0.15) is 0 Å². The molecule has 0 amide bonds. The predicted octanol–water partition coefficient (Wildman–Crippen LogP) is -0.294. The zero-order valence-corrected chi connectivity index (χ0v) is 9.77. The number of aromatic nitrogens is 2. The van der Waals surface area contributed by atoms with Gasteiger partial charge in [0.2, 0.25) is 5.75 Å². The molecule has 1 aromatic rings. The number of methoxy groups -OCH3 is 1. The van der Waals surface area contributed by atoms with Crippen LogP contribution in [0.5, 0.6) is 5.75 Å². The summed E-state index contributed by atoms with van der Waals surface area (Å²) in [5.74, 6) is 1.51. The van der Waals surface area contributed by atoms with Gasteiger partial charge in [0.05, 0.1) is 19.0 Å². The second-order valence-corrected chi connectivity index (χ2v) is 4.95. The molecule has 1 aromatic heterocycles. The number of hydrogen-bond donors (Lipinski definition) is 2. The van der Waals surface area contributed by atoms with Crippen LogP contribution in [0.1, 0.15) is 12.8 Å². The van der Waals surface area contributed by atoms with Crippen LogP contribution in [-0.4, -0.2) is 35.7 Å². The average molecular weight is 236 g/mol. The van der Waals surface area contributed by atoms with Crippen molar-refractivity contribution in [3.63, 3.8) is 0 Å². The lowest BCUT2D eigenvalue weighted by molar-refractivity contribution is 0.285. The molecule has 92 valence electrons. The van der Waals surface area contributed by atoms with Crippen molar-refractivity contribution < 1.29 is 4.74 Å². The molecule has 2 heterocycles. The summed E-state index contributed by atoms with van der Waals surface area (Å²) in [6, 6.07) is 0. The summed E-state index contributed by atoms with van der Waals surface area (Å²) in [4.78, 5) is 20.2. The van der Waals surface area contributed by atoms with Gasteiger partial charge in [-0.3, -0.25) is 4.79 Å². The van der Waals surface area contributed by atoms with Crippen LogP contribution in [0.2, 0.25) is 0 Å². The summed E-state index contributed by atoms with van der Waals surface area (Å²) in [7, 11) is 1.48. The van der Waals surface area contributed by atoms with E-state index in [9.17, 15) is 4.79 Å². The minimum Gasteiger partial charge on any atom is -0.489 e. The second kappa shape index (κ2) is 3.46. The monoisotopic (exact) mass is 236 g/mol. The largest absolute Gasteiger partial charge is 0.489 e. The Bertz CT molecular complexity index is 488. The molecule has 3 rings (SSSR count). The zero-order valence-electron chi connectivity index (χ0n) is 9.77. The highest BCUT2D eigenvalue weighted by Gasteiger charge is 2.51. The molecule has 2 fully saturated rings. The average Bonchev–Trinajstić information content (AvgIpc) is 3.08. The van der Waals surface area contributed by atoms with Gasteiger partial charge in [-0.05, 0) is 18.8 Å². The van der Waals surface area contributed by atoms with Gasteiger partial charge in [-0.25, -0.2) is 4.98 Å². The summed E-state index contributed by atoms with van der Waals surface area (Å²) >= 11 is 0. The smallest absolute Gasteiger partial charge is 0.295 e. The van der Waals surface area contributed by atoms with Crippen molar-refractivity contribution in [2.24, 2.45) is 11.7 Å². The zero-order chi connectivity index (χ0) is 12.0. The normalized spacial score (nSPS) is 22.1. The van der Waals surface area contributed by atoms with E-state index >= 15 is 0 Å². The summed E-state index contributed by atoms with van der Waals surface area (Å²) in [6.07, 6.45) is 3.85. The molecule has 0 unspecified atom stereocenters. The lowest BCUT2D eigenvalue weighted by atomic mass is 9.86. The van der Waals surface area contributed by atoms with Gasteiger partial charge in [-0.15, -0.1) is 0 Å². The van der Waals surface area contributed by atoms with E-state index in [1.807, 2.05) is 4.90 Å². The highest BCUT2D eigenvalue weighted by molar-refractivity contribution is 5.54. The Morgan fingerprint density at radius 3 is 2.88 bits per heavy atom. The Hall–Kier alpha value is -1.56. The standard InChI is InChI=1S/C11H16N4O2/c1-17-8-9(13-6-14-10(8)16)15-4-11(12,5-15)7-2-3-7/h6-7H,2-5,12H2,1H3,(H,13,14,16). The third kappa shape index (κ3) is 1.59. The highest BCUT2D eigenvalue weighted by Crippen LogP contribution is 2.44. The maximum atomic E-state index is 11.5. The van der Waals surface area contributed by atoms with Gasteiger partial charge >= 0.3 is 0 Å². The molecule has 0 radical (unpaired) electrons. The lowest BCUT2D eigenvalue weighted by Crippen LogP contribution is -2.69. The Kier molecular flexibility index (Phi) is 2.16. The molecule has 2 aliphatic rings. The van der Waals surface area contributed by atoms with E-state index in [2.05, 4.69) is 9.97 Å². The van der Waals surface area contributed by atoms with E-state index < -0.39 is 0 Å². The molecule has 0 atom stereocenters. The molecule has 6 nitrogen and oxygen atoms in total. The van der Waals surface area contributed by atoms with Gasteiger partial charge in [0.15, 0.2) is 5.82 Å². The number of H-pyrrole nitrogens is 1. The van der Waals surface area contributed by atoms with Crippen LogP contribution in [0.4, 0.5) is 5.82 Å². The Labute approximate surface area is 98.8 Å². The Morgan fingerprint density at radius 1 is 1.59 bits per heavy atom. The van der Waals surface area contributed by atoms with Gasteiger partial charge < -0.3 is 20.4 Å². The molecule has 0 aromatic carbocycles. The number of rotatable bonds is 3. The number of ether oxygens (including phenoxy) is 1. The van der Waals surface area contributed by atoms with E-state index in [1.54, 1.807) is 0 Å². The van der Waals surface area contributed by atoms with E-state index in [0.717, 1.165) is 13.1 Å². The molecule has 17 heavy (non-hydrogen) atoms. The van der Waals surface area contributed by atoms with Gasteiger partial charge in [0, 0.05) is 13.1 Å². The number of nitrogens with zero attached hydrogens (tertiary/aromatic N) is 2. The number of nitrogens with two attached hydrogens (primary N) is 1. The quantitative estimate of drug-likeness (QED) is 0.753. The molecule has 3 N–H and O–H groups in total. The van der Waals surface area contributed by atoms with Crippen LogP contribution < -0.4 is 20.9 Å². The maximum Gasteiger partial charge on any atom is 0.295 e. The lowest BCUT2D eigenvalue weighted by Gasteiger charge is -2.48. The van der Waals surface area contributed by atoms with E-state index in [-0.39, 0.29) is 16.8 Å². The third-order valence-electron chi connectivity index (χ3n) is 3.66. The first-order chi connectivity index (χ1) is 8.14. The fraction of sp³-hybridized carbons (Fsp3) is 0.636. The van der Waals surface area contributed by atoms with Crippen LogP contribution in [-0.2, 0) is 0 Å². The summed E-state index contributed by atoms with van der Waals surface area (Å²) < 4.78 is 5.09. The number of hydrogen-bond acceptors (Lipinski definition) is 5. The van der Waals surface area contributed by atoms with Crippen molar-refractivity contribution in [1.82, 2.24) is 9.97 Å². The van der Waals surface area contributed by atoms with Crippen molar-refractivity contribution >= 4 is 5.82 Å². The number of nitrogens with one attached hydrogen (secondary N) is 1. The van der Waals surface area contributed by atoms with Crippen LogP contribution in [0.25, 0.3) is 0 Å². The van der Waals surface area contributed by atoms with Crippen LogP contribution in [0, 0.1) is 5.92 Å². The third-order valence-corrected chi connectivity index (χ3v) is 3.66. The maximum absolute atomic E-state index is 11.5. The van der Waals surface area contributed by atoms with Crippen LogP contribution in [0.3, 0.4) is 0 Å². The van der Waals surface area contributed by atoms with Crippen molar-refractivity contribution in [2.45, 2.75) is 18.4 Å². The van der Waals surface area contributed by atoms with Gasteiger partial charge in [-0.1, -0.05) is 0 Å².